The van der Waals surface area contributed by atoms with Crippen LogP contribution in [-0.2, 0) is 0 Å². The van der Waals surface area contributed by atoms with Gasteiger partial charge in [-0.05, 0) is 13.8 Å². The summed E-state index contributed by atoms with van der Waals surface area (Å²) in [5, 5.41) is 9.29. The maximum Gasteiger partial charge on any atom is 0.318 e. The Labute approximate surface area is 106 Å². The highest BCUT2D eigenvalue weighted by atomic mass is 35.5. The lowest BCUT2D eigenvalue weighted by Crippen LogP contribution is -2.29. The lowest BCUT2D eigenvalue weighted by Gasteiger charge is -2.23. The van der Waals surface area contributed by atoms with Gasteiger partial charge in [-0.25, -0.2) is 4.98 Å². The van der Waals surface area contributed by atoms with Crippen LogP contribution in [0.1, 0.15) is 13.8 Å². The molecule has 0 aliphatic carbocycles. The second kappa shape index (κ2) is 6.26. The van der Waals surface area contributed by atoms with Crippen LogP contribution in [0.15, 0.2) is 6.20 Å². The molecule has 1 aromatic rings. The molecule has 1 unspecified atom stereocenters. The maximum absolute atomic E-state index is 8.83. The van der Waals surface area contributed by atoms with E-state index in [1.165, 1.54) is 13.3 Å². The van der Waals surface area contributed by atoms with Crippen LogP contribution in [0.4, 0.5) is 5.82 Å². The zero-order chi connectivity index (χ0) is 12.8. The van der Waals surface area contributed by atoms with Gasteiger partial charge in [-0.3, -0.25) is 0 Å². The van der Waals surface area contributed by atoms with E-state index in [0.29, 0.717) is 23.9 Å². The molecule has 0 aliphatic heterocycles. The molecule has 0 radical (unpaired) electrons. The molecule has 0 bridgehead atoms. The van der Waals surface area contributed by atoms with Gasteiger partial charge in [0, 0.05) is 13.1 Å². The van der Waals surface area contributed by atoms with Crippen molar-refractivity contribution in [2.45, 2.75) is 13.8 Å². The Bertz CT molecular complexity index is 418. The van der Waals surface area contributed by atoms with Gasteiger partial charge in [-0.1, -0.05) is 11.6 Å². The molecule has 0 amide bonds. The Morgan fingerprint density at radius 3 is 2.88 bits per heavy atom. The third-order valence-electron chi connectivity index (χ3n) is 2.28. The van der Waals surface area contributed by atoms with Crippen LogP contribution in [0.3, 0.4) is 0 Å². The summed E-state index contributed by atoms with van der Waals surface area (Å²) in [5.74, 6) is 0.509. The predicted molar refractivity (Wildman–Crippen MR) is 66.3 cm³/mol. The standard InChI is InChI=1S/C11H15ClN4O/c1-4-16(7-8(2)5-13)10-9(12)6-14-11(15-10)17-3/h6,8H,4,7H2,1-3H3. The van der Waals surface area contributed by atoms with Crippen LogP contribution >= 0.6 is 11.6 Å². The molecule has 0 N–H and O–H groups in total. The molecule has 17 heavy (non-hydrogen) atoms. The molecule has 1 heterocycles. The Morgan fingerprint density at radius 2 is 2.35 bits per heavy atom. The van der Waals surface area contributed by atoms with Gasteiger partial charge in [0.05, 0.1) is 25.3 Å². The number of rotatable bonds is 5. The van der Waals surface area contributed by atoms with Crippen molar-refractivity contribution in [1.29, 1.82) is 5.26 Å². The fraction of sp³-hybridized carbons (Fsp3) is 0.545. The van der Waals surface area contributed by atoms with Gasteiger partial charge in [0.25, 0.3) is 0 Å². The summed E-state index contributed by atoms with van der Waals surface area (Å²) in [6.45, 7) is 5.13. The zero-order valence-electron chi connectivity index (χ0n) is 10.1. The molecular weight excluding hydrogens is 240 g/mol. The van der Waals surface area contributed by atoms with E-state index in [1.54, 1.807) is 0 Å². The molecule has 0 aromatic carbocycles. The molecule has 92 valence electrons. The molecule has 0 saturated heterocycles. The van der Waals surface area contributed by atoms with Gasteiger partial charge < -0.3 is 9.64 Å². The van der Waals surface area contributed by atoms with E-state index >= 15 is 0 Å². The van der Waals surface area contributed by atoms with Crippen molar-refractivity contribution in [2.24, 2.45) is 5.92 Å². The van der Waals surface area contributed by atoms with Gasteiger partial charge in [0.1, 0.15) is 5.02 Å². The molecule has 1 aromatic heterocycles. The number of ether oxygens (including phenoxy) is 1. The largest absolute Gasteiger partial charge is 0.467 e. The second-order valence-electron chi connectivity index (χ2n) is 3.60. The van der Waals surface area contributed by atoms with E-state index in [0.717, 1.165) is 0 Å². The molecule has 1 atom stereocenters. The van der Waals surface area contributed by atoms with Crippen molar-refractivity contribution in [3.8, 4) is 12.1 Å². The van der Waals surface area contributed by atoms with Crippen molar-refractivity contribution in [1.82, 2.24) is 9.97 Å². The van der Waals surface area contributed by atoms with Crippen LogP contribution in [0.5, 0.6) is 6.01 Å². The summed E-state index contributed by atoms with van der Waals surface area (Å²) < 4.78 is 4.96. The highest BCUT2D eigenvalue weighted by Crippen LogP contribution is 2.24. The summed E-state index contributed by atoms with van der Waals surface area (Å²) in [6.07, 6.45) is 1.50. The molecule has 0 saturated carbocycles. The number of methoxy groups -OCH3 is 1. The van der Waals surface area contributed by atoms with Crippen molar-refractivity contribution >= 4 is 17.4 Å². The topological polar surface area (TPSA) is 62.0 Å². The van der Waals surface area contributed by atoms with Crippen molar-refractivity contribution in [2.75, 3.05) is 25.1 Å². The molecule has 0 fully saturated rings. The van der Waals surface area contributed by atoms with E-state index in [9.17, 15) is 0 Å². The molecule has 0 aliphatic rings. The SMILES string of the molecule is CCN(CC(C)C#N)c1nc(OC)ncc1Cl. The number of halogens is 1. The molecule has 6 heteroatoms. The summed E-state index contributed by atoms with van der Waals surface area (Å²) in [4.78, 5) is 10.0. The van der Waals surface area contributed by atoms with E-state index in [1.807, 2.05) is 18.7 Å². The maximum atomic E-state index is 8.83. The lowest BCUT2D eigenvalue weighted by molar-refractivity contribution is 0.379. The third kappa shape index (κ3) is 3.46. The van der Waals surface area contributed by atoms with E-state index in [-0.39, 0.29) is 11.9 Å². The van der Waals surface area contributed by atoms with Crippen LogP contribution < -0.4 is 9.64 Å². The Morgan fingerprint density at radius 1 is 1.65 bits per heavy atom. The van der Waals surface area contributed by atoms with Crippen LogP contribution in [0.25, 0.3) is 0 Å². The van der Waals surface area contributed by atoms with Crippen molar-refractivity contribution in [3.63, 3.8) is 0 Å². The normalized spacial score (nSPS) is 11.7. The number of hydrogen-bond acceptors (Lipinski definition) is 5. The van der Waals surface area contributed by atoms with Crippen molar-refractivity contribution in [3.05, 3.63) is 11.2 Å². The minimum atomic E-state index is -0.0908. The fourth-order valence-electron chi connectivity index (χ4n) is 1.40. The van der Waals surface area contributed by atoms with Crippen molar-refractivity contribution < 1.29 is 4.74 Å². The molecule has 1 rings (SSSR count). The monoisotopic (exact) mass is 254 g/mol. The van der Waals surface area contributed by atoms with Gasteiger partial charge in [0.15, 0.2) is 5.82 Å². The average Bonchev–Trinajstić information content (AvgIpc) is 2.36. The van der Waals surface area contributed by atoms with Crippen LogP contribution in [-0.4, -0.2) is 30.2 Å². The van der Waals surface area contributed by atoms with Crippen LogP contribution in [0.2, 0.25) is 5.02 Å². The first kappa shape index (κ1) is 13.5. The average molecular weight is 255 g/mol. The predicted octanol–water partition coefficient (Wildman–Crippen LogP) is 2.12. The number of aromatic nitrogens is 2. The highest BCUT2D eigenvalue weighted by Gasteiger charge is 2.15. The number of anilines is 1. The van der Waals surface area contributed by atoms with E-state index in [4.69, 9.17) is 21.6 Å². The van der Waals surface area contributed by atoms with Gasteiger partial charge in [0.2, 0.25) is 0 Å². The first-order valence-electron chi connectivity index (χ1n) is 5.33. The Balaban J connectivity index is 2.98. The summed E-state index contributed by atoms with van der Waals surface area (Å²) in [5.41, 5.74) is 0. The minimum Gasteiger partial charge on any atom is -0.467 e. The molecular formula is C11H15ClN4O. The Hall–Kier alpha value is -1.54. The van der Waals surface area contributed by atoms with Gasteiger partial charge >= 0.3 is 6.01 Å². The summed E-state index contributed by atoms with van der Waals surface area (Å²) >= 11 is 6.05. The smallest absolute Gasteiger partial charge is 0.318 e. The van der Waals surface area contributed by atoms with Gasteiger partial charge in [-0.2, -0.15) is 10.2 Å². The quantitative estimate of drug-likeness (QED) is 0.806. The zero-order valence-corrected chi connectivity index (χ0v) is 10.9. The molecule has 5 nitrogen and oxygen atoms in total. The van der Waals surface area contributed by atoms with Crippen LogP contribution in [0, 0.1) is 17.2 Å². The van der Waals surface area contributed by atoms with E-state index < -0.39 is 0 Å². The Kier molecular flexibility index (Phi) is 4.98. The lowest BCUT2D eigenvalue weighted by atomic mass is 10.2. The number of hydrogen-bond donors (Lipinski definition) is 0. The first-order chi connectivity index (χ1) is 8.12. The van der Waals surface area contributed by atoms with E-state index in [2.05, 4.69) is 16.0 Å². The summed E-state index contributed by atoms with van der Waals surface area (Å²) in [6, 6.07) is 2.46. The third-order valence-corrected chi connectivity index (χ3v) is 2.55. The summed E-state index contributed by atoms with van der Waals surface area (Å²) in [7, 11) is 1.50. The fourth-order valence-corrected chi connectivity index (χ4v) is 1.61. The number of nitriles is 1. The molecule has 0 spiro atoms. The highest BCUT2D eigenvalue weighted by molar-refractivity contribution is 6.32. The minimum absolute atomic E-state index is 0.0908. The number of nitrogens with zero attached hydrogens (tertiary/aromatic N) is 4. The van der Waals surface area contributed by atoms with Gasteiger partial charge in [-0.15, -0.1) is 0 Å². The second-order valence-corrected chi connectivity index (χ2v) is 4.00. The first-order valence-corrected chi connectivity index (χ1v) is 5.71.